The van der Waals surface area contributed by atoms with E-state index in [1.54, 1.807) is 0 Å². The fourth-order valence-corrected chi connectivity index (χ4v) is 2.72. The van der Waals surface area contributed by atoms with Crippen molar-refractivity contribution in [3.8, 4) is 5.75 Å². The molecule has 2 aromatic carbocycles. The Morgan fingerprint density at radius 3 is 2.52 bits per heavy atom. The Balaban J connectivity index is 1.64. The Morgan fingerprint density at radius 2 is 1.78 bits per heavy atom. The Bertz CT molecular complexity index is 619. The van der Waals surface area contributed by atoms with Gasteiger partial charge in [-0.1, -0.05) is 52.3 Å². The van der Waals surface area contributed by atoms with Gasteiger partial charge >= 0.3 is 0 Å². The molecule has 23 heavy (non-hydrogen) atoms. The van der Waals surface area contributed by atoms with Gasteiger partial charge in [-0.2, -0.15) is 0 Å². The van der Waals surface area contributed by atoms with Crippen molar-refractivity contribution < 1.29 is 14.3 Å². The number of benzene rings is 2. The summed E-state index contributed by atoms with van der Waals surface area (Å²) in [5.74, 6) is 0.649. The van der Waals surface area contributed by atoms with Crippen LogP contribution in [0, 0.1) is 0 Å². The molecule has 0 bridgehead atoms. The van der Waals surface area contributed by atoms with Gasteiger partial charge in [0.1, 0.15) is 19.0 Å². The third-order valence-electron chi connectivity index (χ3n) is 3.22. The molecule has 0 saturated carbocycles. The second-order valence-corrected chi connectivity index (χ2v) is 5.88. The highest BCUT2D eigenvalue weighted by atomic mass is 79.9. The predicted molar refractivity (Wildman–Crippen MR) is 93.5 cm³/mol. The van der Waals surface area contributed by atoms with E-state index in [9.17, 15) is 4.79 Å². The third-order valence-corrected chi connectivity index (χ3v) is 3.94. The Labute approximate surface area is 144 Å². The molecule has 0 fully saturated rings. The summed E-state index contributed by atoms with van der Waals surface area (Å²) in [4.78, 5) is 11.9. The zero-order valence-electron chi connectivity index (χ0n) is 13.0. The lowest BCUT2D eigenvalue weighted by Gasteiger charge is -2.16. The number of carbonyl (C=O) groups excluding carboxylic acids is 1. The van der Waals surface area contributed by atoms with Crippen LogP contribution >= 0.6 is 15.9 Å². The third kappa shape index (κ3) is 6.04. The molecule has 1 atom stereocenters. The van der Waals surface area contributed by atoms with E-state index in [-0.39, 0.29) is 18.6 Å². The van der Waals surface area contributed by atoms with Crippen molar-refractivity contribution in [3.05, 3.63) is 64.6 Å². The Morgan fingerprint density at radius 1 is 1.09 bits per heavy atom. The maximum absolute atomic E-state index is 11.9. The van der Waals surface area contributed by atoms with E-state index in [0.29, 0.717) is 13.2 Å². The highest BCUT2D eigenvalue weighted by Gasteiger charge is 2.11. The van der Waals surface area contributed by atoms with E-state index in [1.807, 2.05) is 61.5 Å². The van der Waals surface area contributed by atoms with Gasteiger partial charge in [0.25, 0.3) is 0 Å². The fraction of sp³-hybridized carbons (Fsp3) is 0.278. The Kier molecular flexibility index (Phi) is 7.10. The zero-order chi connectivity index (χ0) is 16.5. The summed E-state index contributed by atoms with van der Waals surface area (Å²) < 4.78 is 11.8. The molecular weight excluding hydrogens is 358 g/mol. The number of nitrogens with one attached hydrogen (secondary N) is 1. The van der Waals surface area contributed by atoms with E-state index < -0.39 is 0 Å². The summed E-state index contributed by atoms with van der Waals surface area (Å²) >= 11 is 3.48. The van der Waals surface area contributed by atoms with Crippen LogP contribution in [0.4, 0.5) is 0 Å². The maximum atomic E-state index is 11.9. The van der Waals surface area contributed by atoms with Crippen LogP contribution in [0.25, 0.3) is 0 Å². The minimum Gasteiger partial charge on any atom is -0.491 e. The van der Waals surface area contributed by atoms with E-state index in [0.717, 1.165) is 15.8 Å². The summed E-state index contributed by atoms with van der Waals surface area (Å²) in [6.07, 6.45) is 0. The maximum Gasteiger partial charge on any atom is 0.246 e. The molecule has 0 aliphatic heterocycles. The van der Waals surface area contributed by atoms with Gasteiger partial charge in [0, 0.05) is 4.47 Å². The van der Waals surface area contributed by atoms with E-state index >= 15 is 0 Å². The van der Waals surface area contributed by atoms with Gasteiger partial charge in [0.05, 0.1) is 12.6 Å². The molecule has 122 valence electrons. The van der Waals surface area contributed by atoms with Crippen molar-refractivity contribution in [2.24, 2.45) is 0 Å². The van der Waals surface area contributed by atoms with Crippen LogP contribution < -0.4 is 10.1 Å². The molecule has 5 heteroatoms. The average molecular weight is 378 g/mol. The molecule has 0 saturated heterocycles. The van der Waals surface area contributed by atoms with Gasteiger partial charge < -0.3 is 14.8 Å². The van der Waals surface area contributed by atoms with Crippen LogP contribution in [-0.4, -0.2) is 25.7 Å². The molecule has 2 rings (SSSR count). The molecule has 1 N–H and O–H groups in total. The van der Waals surface area contributed by atoms with Crippen LogP contribution in [0.15, 0.2) is 59.1 Å². The predicted octanol–water partition coefficient (Wildman–Crippen LogP) is 3.72. The number of hydrogen-bond donors (Lipinski definition) is 1. The zero-order valence-corrected chi connectivity index (χ0v) is 14.6. The smallest absolute Gasteiger partial charge is 0.246 e. The lowest BCUT2D eigenvalue weighted by Crippen LogP contribution is -2.30. The normalized spacial score (nSPS) is 11.7. The summed E-state index contributed by atoms with van der Waals surface area (Å²) in [6.45, 7) is 2.74. The second kappa shape index (κ2) is 9.33. The van der Waals surface area contributed by atoms with Gasteiger partial charge in [0.2, 0.25) is 5.91 Å². The van der Waals surface area contributed by atoms with Crippen LogP contribution in [0.2, 0.25) is 0 Å². The van der Waals surface area contributed by atoms with Crippen LogP contribution in [-0.2, 0) is 9.53 Å². The molecule has 1 amide bonds. The highest BCUT2D eigenvalue weighted by Crippen LogP contribution is 2.22. The van der Waals surface area contributed by atoms with Crippen molar-refractivity contribution in [2.45, 2.75) is 13.0 Å². The number of ether oxygens (including phenoxy) is 2. The van der Waals surface area contributed by atoms with Crippen molar-refractivity contribution in [1.82, 2.24) is 5.32 Å². The molecule has 1 unspecified atom stereocenters. The van der Waals surface area contributed by atoms with Crippen LogP contribution in [0.5, 0.6) is 5.75 Å². The van der Waals surface area contributed by atoms with Gasteiger partial charge in [-0.15, -0.1) is 0 Å². The lowest BCUT2D eigenvalue weighted by molar-refractivity contribution is -0.126. The monoisotopic (exact) mass is 377 g/mol. The highest BCUT2D eigenvalue weighted by molar-refractivity contribution is 9.10. The molecule has 0 radical (unpaired) electrons. The SMILES string of the molecule is CC(NC(=O)COCCOc1ccccc1)c1ccccc1Br. The van der Waals surface area contributed by atoms with E-state index in [1.165, 1.54) is 0 Å². The summed E-state index contributed by atoms with van der Waals surface area (Å²) in [5, 5.41) is 2.91. The number of carbonyl (C=O) groups is 1. The van der Waals surface area contributed by atoms with E-state index in [4.69, 9.17) is 9.47 Å². The van der Waals surface area contributed by atoms with Gasteiger partial charge in [0.15, 0.2) is 0 Å². The van der Waals surface area contributed by atoms with Gasteiger partial charge in [-0.3, -0.25) is 4.79 Å². The standard InChI is InChI=1S/C18H20BrNO3/c1-14(16-9-5-6-10-17(16)19)20-18(21)13-22-11-12-23-15-7-3-2-4-8-15/h2-10,14H,11-13H2,1H3,(H,20,21). The quantitative estimate of drug-likeness (QED) is 0.713. The number of halogens is 1. The minimum absolute atomic E-state index is 0.0208. The first-order valence-corrected chi connectivity index (χ1v) is 8.25. The van der Waals surface area contributed by atoms with Crippen molar-refractivity contribution in [2.75, 3.05) is 19.8 Å². The van der Waals surface area contributed by atoms with Gasteiger partial charge in [-0.25, -0.2) is 0 Å². The van der Waals surface area contributed by atoms with Crippen LogP contribution in [0.3, 0.4) is 0 Å². The number of para-hydroxylation sites is 1. The molecule has 2 aromatic rings. The molecule has 0 aliphatic rings. The van der Waals surface area contributed by atoms with Crippen molar-refractivity contribution in [3.63, 3.8) is 0 Å². The summed E-state index contributed by atoms with van der Waals surface area (Å²) in [7, 11) is 0. The molecule has 0 aromatic heterocycles. The second-order valence-electron chi connectivity index (χ2n) is 5.02. The van der Waals surface area contributed by atoms with Gasteiger partial charge in [-0.05, 0) is 30.7 Å². The molecule has 4 nitrogen and oxygen atoms in total. The first kappa shape index (κ1) is 17.5. The fourth-order valence-electron chi connectivity index (χ4n) is 2.09. The number of amides is 1. The lowest BCUT2D eigenvalue weighted by atomic mass is 10.1. The molecule has 0 spiro atoms. The van der Waals surface area contributed by atoms with E-state index in [2.05, 4.69) is 21.2 Å². The Hall–Kier alpha value is -1.85. The molecule has 0 aliphatic carbocycles. The first-order valence-electron chi connectivity index (χ1n) is 7.46. The molecule has 0 heterocycles. The van der Waals surface area contributed by atoms with Crippen molar-refractivity contribution in [1.29, 1.82) is 0 Å². The van der Waals surface area contributed by atoms with Crippen molar-refractivity contribution >= 4 is 21.8 Å². The summed E-state index contributed by atoms with van der Waals surface area (Å²) in [6, 6.07) is 17.2. The first-order chi connectivity index (χ1) is 11.2. The number of rotatable bonds is 8. The average Bonchev–Trinajstić information content (AvgIpc) is 2.56. The van der Waals surface area contributed by atoms with Crippen LogP contribution in [0.1, 0.15) is 18.5 Å². The largest absolute Gasteiger partial charge is 0.491 e. The molecular formula is C18H20BrNO3. The number of hydrogen-bond acceptors (Lipinski definition) is 3. The summed E-state index contributed by atoms with van der Waals surface area (Å²) in [5.41, 5.74) is 1.04. The topological polar surface area (TPSA) is 47.6 Å². The minimum atomic E-state index is -0.145.